The van der Waals surface area contributed by atoms with E-state index < -0.39 is 0 Å². The zero-order chi connectivity index (χ0) is 15.0. The number of rotatable bonds is 8. The normalized spacial score (nSPS) is 12.8. The predicted molar refractivity (Wildman–Crippen MR) is 79.3 cm³/mol. The summed E-state index contributed by atoms with van der Waals surface area (Å²) in [5, 5.41) is 2.92. The van der Waals surface area contributed by atoms with Crippen LogP contribution in [0.4, 0.5) is 0 Å². The van der Waals surface area contributed by atoms with Gasteiger partial charge in [0.25, 0.3) is 0 Å². The number of hydrogen-bond acceptors (Lipinski definition) is 4. The largest absolute Gasteiger partial charge is 0.468 e. The van der Waals surface area contributed by atoms with Crippen LogP contribution in [0.5, 0.6) is 0 Å². The van der Waals surface area contributed by atoms with Crippen LogP contribution in [0, 0.1) is 0 Å². The molecule has 0 radical (unpaired) electrons. The van der Waals surface area contributed by atoms with Crippen LogP contribution in [0.3, 0.4) is 0 Å². The molecule has 0 bridgehead atoms. The maximum atomic E-state index is 11.5. The molecular weight excluding hydrogens is 254 g/mol. The molecule has 1 atom stereocenters. The van der Waals surface area contributed by atoms with E-state index in [1.807, 2.05) is 16.8 Å². The third-order valence-electron chi connectivity index (χ3n) is 2.89. The number of hydrogen-bond donors (Lipinski definition) is 1. The number of aromatic nitrogens is 2. The highest BCUT2D eigenvalue weighted by molar-refractivity contribution is 5.75. The fourth-order valence-corrected chi connectivity index (χ4v) is 1.80. The van der Waals surface area contributed by atoms with E-state index in [0.29, 0.717) is 13.0 Å². The zero-order valence-electron chi connectivity index (χ0n) is 12.0. The summed E-state index contributed by atoms with van der Waals surface area (Å²) in [4.78, 5) is 15.8. The van der Waals surface area contributed by atoms with Crippen LogP contribution in [0.25, 0.3) is 0 Å². The smallest absolute Gasteiger partial charge is 0.323 e. The van der Waals surface area contributed by atoms with Crippen molar-refractivity contribution in [3.63, 3.8) is 0 Å². The molecule has 1 aromatic rings. The molecule has 0 aromatic carbocycles. The van der Waals surface area contributed by atoms with Crippen molar-refractivity contribution in [2.75, 3.05) is 14.2 Å². The Labute approximate surface area is 119 Å². The molecular formula is C15H21N3O2. The molecule has 0 aliphatic rings. The number of esters is 1. The van der Waals surface area contributed by atoms with Gasteiger partial charge in [-0.3, -0.25) is 4.79 Å². The van der Waals surface area contributed by atoms with E-state index in [-0.39, 0.29) is 12.0 Å². The lowest BCUT2D eigenvalue weighted by Crippen LogP contribution is -2.37. The van der Waals surface area contributed by atoms with Crippen molar-refractivity contribution >= 4 is 5.97 Å². The minimum absolute atomic E-state index is 0.291. The van der Waals surface area contributed by atoms with Crippen LogP contribution >= 0.6 is 0 Å². The molecule has 0 amide bonds. The third-order valence-corrected chi connectivity index (χ3v) is 2.89. The number of imidazole rings is 1. The van der Waals surface area contributed by atoms with Gasteiger partial charge in [-0.15, -0.1) is 0 Å². The van der Waals surface area contributed by atoms with Crippen molar-refractivity contribution in [1.29, 1.82) is 0 Å². The fraction of sp³-hybridized carbons (Fsp3) is 0.333. The van der Waals surface area contributed by atoms with Crippen molar-refractivity contribution in [1.82, 2.24) is 14.9 Å². The van der Waals surface area contributed by atoms with Gasteiger partial charge in [0.05, 0.1) is 19.1 Å². The van der Waals surface area contributed by atoms with Gasteiger partial charge in [-0.25, -0.2) is 4.98 Å². The molecule has 1 heterocycles. The van der Waals surface area contributed by atoms with Crippen LogP contribution in [-0.4, -0.2) is 35.7 Å². The molecule has 5 nitrogen and oxygen atoms in total. The van der Waals surface area contributed by atoms with Crippen LogP contribution in [0.2, 0.25) is 0 Å². The average Bonchev–Trinajstić information content (AvgIpc) is 2.90. The van der Waals surface area contributed by atoms with Crippen molar-refractivity contribution < 1.29 is 9.53 Å². The summed E-state index contributed by atoms with van der Waals surface area (Å²) in [6.45, 7) is 8.09. The quantitative estimate of drug-likeness (QED) is 0.577. The maximum absolute atomic E-state index is 11.5. The zero-order valence-corrected chi connectivity index (χ0v) is 12.0. The van der Waals surface area contributed by atoms with Crippen LogP contribution in [0.1, 0.15) is 5.69 Å². The van der Waals surface area contributed by atoms with E-state index in [1.165, 1.54) is 7.11 Å². The minimum Gasteiger partial charge on any atom is -0.468 e. The molecule has 1 N–H and O–H groups in total. The molecule has 0 saturated heterocycles. The lowest BCUT2D eigenvalue weighted by atomic mass is 10.1. The first-order chi connectivity index (χ1) is 9.64. The minimum atomic E-state index is -0.383. The summed E-state index contributed by atoms with van der Waals surface area (Å²) in [5.41, 5.74) is 1.87. The second kappa shape index (κ2) is 8.12. The van der Waals surface area contributed by atoms with E-state index in [9.17, 15) is 4.79 Å². The third kappa shape index (κ3) is 4.51. The summed E-state index contributed by atoms with van der Waals surface area (Å²) >= 11 is 0. The van der Waals surface area contributed by atoms with Gasteiger partial charge in [-0.1, -0.05) is 31.4 Å². The lowest BCUT2D eigenvalue weighted by molar-refractivity contribution is -0.142. The highest BCUT2D eigenvalue weighted by Crippen LogP contribution is 2.06. The number of carbonyl (C=O) groups is 1. The molecule has 1 aromatic heterocycles. The second-order valence-electron chi connectivity index (χ2n) is 4.29. The Bertz CT molecular complexity index is 503. The van der Waals surface area contributed by atoms with E-state index in [1.54, 1.807) is 25.5 Å². The number of nitrogens with zero attached hydrogens (tertiary/aromatic N) is 2. The molecule has 0 aliphatic heterocycles. The highest BCUT2D eigenvalue weighted by atomic mass is 16.5. The van der Waals surface area contributed by atoms with Gasteiger partial charge in [0.1, 0.15) is 6.04 Å². The number of ether oxygens (including phenoxy) is 1. The number of likely N-dealkylation sites (N-methyl/N-ethyl adjacent to an activating group) is 1. The molecule has 0 saturated carbocycles. The number of methoxy groups -OCH3 is 1. The van der Waals surface area contributed by atoms with Crippen LogP contribution < -0.4 is 5.32 Å². The molecule has 20 heavy (non-hydrogen) atoms. The van der Waals surface area contributed by atoms with E-state index in [2.05, 4.69) is 23.5 Å². The van der Waals surface area contributed by atoms with Crippen LogP contribution in [-0.2, 0) is 22.5 Å². The second-order valence-corrected chi connectivity index (χ2v) is 4.29. The maximum Gasteiger partial charge on any atom is 0.323 e. The van der Waals surface area contributed by atoms with E-state index in [4.69, 9.17) is 4.74 Å². The number of nitrogens with one attached hydrogen (secondary N) is 1. The van der Waals surface area contributed by atoms with Crippen LogP contribution in [0.15, 0.2) is 49.5 Å². The molecule has 1 unspecified atom stereocenters. The summed E-state index contributed by atoms with van der Waals surface area (Å²) in [5.74, 6) is -0.291. The topological polar surface area (TPSA) is 56.2 Å². The van der Waals surface area contributed by atoms with Crippen molar-refractivity contribution in [3.8, 4) is 0 Å². The van der Waals surface area contributed by atoms with Gasteiger partial charge in [-0.05, 0) is 12.6 Å². The highest BCUT2D eigenvalue weighted by Gasteiger charge is 2.18. The Morgan fingerprint density at radius 1 is 1.60 bits per heavy atom. The van der Waals surface area contributed by atoms with Gasteiger partial charge in [-0.2, -0.15) is 0 Å². The van der Waals surface area contributed by atoms with Gasteiger partial charge in [0.15, 0.2) is 0 Å². The first-order valence-electron chi connectivity index (χ1n) is 6.34. The first-order valence-corrected chi connectivity index (χ1v) is 6.34. The van der Waals surface area contributed by atoms with Crippen molar-refractivity contribution in [2.24, 2.45) is 0 Å². The molecule has 0 fully saturated rings. The Morgan fingerprint density at radius 2 is 2.35 bits per heavy atom. The monoisotopic (exact) mass is 275 g/mol. The van der Waals surface area contributed by atoms with Gasteiger partial charge in [0.2, 0.25) is 0 Å². The first kappa shape index (κ1) is 15.9. The van der Waals surface area contributed by atoms with E-state index in [0.717, 1.165) is 11.3 Å². The fourth-order valence-electron chi connectivity index (χ4n) is 1.80. The molecule has 0 spiro atoms. The van der Waals surface area contributed by atoms with Gasteiger partial charge >= 0.3 is 5.97 Å². The molecule has 108 valence electrons. The Kier molecular flexibility index (Phi) is 6.46. The van der Waals surface area contributed by atoms with Crippen molar-refractivity contribution in [3.05, 3.63) is 55.2 Å². The Hall–Kier alpha value is -2.14. The summed E-state index contributed by atoms with van der Waals surface area (Å²) < 4.78 is 6.67. The summed E-state index contributed by atoms with van der Waals surface area (Å²) in [6.07, 6.45) is 9.55. The molecule has 0 aliphatic carbocycles. The van der Waals surface area contributed by atoms with E-state index >= 15 is 0 Å². The van der Waals surface area contributed by atoms with Gasteiger partial charge < -0.3 is 14.6 Å². The van der Waals surface area contributed by atoms with Gasteiger partial charge in [0, 0.05) is 19.2 Å². The molecule has 1 rings (SSSR count). The Morgan fingerprint density at radius 3 is 2.90 bits per heavy atom. The Balaban J connectivity index is 2.72. The SMILES string of the molecule is C=C/C=C(\C=C)Cn1cnc(CC(NC)C(=O)OC)c1. The molecule has 5 heteroatoms. The summed E-state index contributed by atoms with van der Waals surface area (Å²) in [6, 6.07) is -0.383. The average molecular weight is 275 g/mol. The standard InChI is InChI=1S/C15H21N3O2/c1-5-7-12(6-2)9-18-10-13(17-11-18)8-14(16-3)15(19)20-4/h5-7,10-11,14,16H,1-2,8-9H2,3-4H3/b12-7+. The number of carbonyl (C=O) groups excluding carboxylic acids is 1. The summed E-state index contributed by atoms with van der Waals surface area (Å²) in [7, 11) is 3.10. The van der Waals surface area contributed by atoms with Crippen molar-refractivity contribution in [2.45, 2.75) is 19.0 Å². The number of allylic oxidation sites excluding steroid dienone is 4. The lowest BCUT2D eigenvalue weighted by Gasteiger charge is -2.11. The predicted octanol–water partition coefficient (Wildman–Crippen LogP) is 1.48.